The normalized spacial score (nSPS) is 10.8. The van der Waals surface area contributed by atoms with E-state index in [1.165, 1.54) is 31.5 Å². The molecule has 2 nitrogen and oxygen atoms in total. The van der Waals surface area contributed by atoms with Crippen molar-refractivity contribution >= 4 is 11.6 Å². The van der Waals surface area contributed by atoms with Crippen LogP contribution in [-0.4, -0.2) is 15.4 Å². The third-order valence-electron chi connectivity index (χ3n) is 2.56. The molecule has 0 aliphatic carbocycles. The third-order valence-corrected chi connectivity index (χ3v) is 2.83. The fraction of sp³-hybridized carbons (Fsp3) is 0.750. The Morgan fingerprint density at radius 1 is 1.27 bits per heavy atom. The van der Waals surface area contributed by atoms with Gasteiger partial charge in [0.25, 0.3) is 0 Å². The molecule has 86 valence electrons. The van der Waals surface area contributed by atoms with Gasteiger partial charge in [-0.05, 0) is 19.3 Å². The third kappa shape index (κ3) is 4.70. The van der Waals surface area contributed by atoms with E-state index in [1.807, 2.05) is 6.20 Å². The smallest absolute Gasteiger partial charge is 0.108 e. The standard InChI is InChI=1S/C12H21ClN2/c1-2-7-12-14-9-11-15(12)10-6-4-3-5-8-13/h9,11H,2-8,10H2,1H3. The summed E-state index contributed by atoms with van der Waals surface area (Å²) in [6, 6.07) is 0. The summed E-state index contributed by atoms with van der Waals surface area (Å²) >= 11 is 5.63. The van der Waals surface area contributed by atoms with Gasteiger partial charge in [-0.1, -0.05) is 19.8 Å². The van der Waals surface area contributed by atoms with Crippen molar-refractivity contribution in [1.29, 1.82) is 0 Å². The van der Waals surface area contributed by atoms with Crippen LogP contribution >= 0.6 is 11.6 Å². The molecular weight excluding hydrogens is 208 g/mol. The Hall–Kier alpha value is -0.500. The molecule has 0 spiro atoms. The molecule has 0 amide bonds. The maximum atomic E-state index is 5.63. The molecule has 15 heavy (non-hydrogen) atoms. The summed E-state index contributed by atoms with van der Waals surface area (Å²) in [4.78, 5) is 4.36. The molecule has 1 aromatic rings. The van der Waals surface area contributed by atoms with E-state index in [2.05, 4.69) is 22.7 Å². The fourth-order valence-electron chi connectivity index (χ4n) is 1.73. The number of halogens is 1. The van der Waals surface area contributed by atoms with Crippen molar-refractivity contribution in [1.82, 2.24) is 9.55 Å². The number of rotatable bonds is 8. The molecule has 0 bridgehead atoms. The van der Waals surface area contributed by atoms with Crippen LogP contribution in [0.3, 0.4) is 0 Å². The van der Waals surface area contributed by atoms with Crippen molar-refractivity contribution in [3.05, 3.63) is 18.2 Å². The number of hydrogen-bond acceptors (Lipinski definition) is 1. The number of imidazole rings is 1. The predicted molar refractivity (Wildman–Crippen MR) is 65.4 cm³/mol. The van der Waals surface area contributed by atoms with Crippen LogP contribution in [0.2, 0.25) is 0 Å². The second kappa shape index (κ2) is 7.75. The summed E-state index contributed by atoms with van der Waals surface area (Å²) < 4.78 is 2.28. The van der Waals surface area contributed by atoms with Crippen LogP contribution in [0.15, 0.2) is 12.4 Å². The van der Waals surface area contributed by atoms with E-state index in [-0.39, 0.29) is 0 Å². The molecule has 0 saturated carbocycles. The zero-order valence-electron chi connectivity index (χ0n) is 9.58. The Morgan fingerprint density at radius 2 is 2.07 bits per heavy atom. The van der Waals surface area contributed by atoms with Crippen LogP contribution in [0.4, 0.5) is 0 Å². The van der Waals surface area contributed by atoms with Gasteiger partial charge in [0.1, 0.15) is 5.82 Å². The van der Waals surface area contributed by atoms with E-state index >= 15 is 0 Å². The summed E-state index contributed by atoms with van der Waals surface area (Å²) in [5.74, 6) is 2.03. The van der Waals surface area contributed by atoms with Crippen molar-refractivity contribution in [2.75, 3.05) is 5.88 Å². The van der Waals surface area contributed by atoms with Gasteiger partial charge in [-0.25, -0.2) is 4.98 Å². The molecule has 0 unspecified atom stereocenters. The minimum absolute atomic E-state index is 0.798. The fourth-order valence-corrected chi connectivity index (χ4v) is 1.91. The summed E-state index contributed by atoms with van der Waals surface area (Å²) in [7, 11) is 0. The number of aryl methyl sites for hydroxylation is 2. The van der Waals surface area contributed by atoms with Gasteiger partial charge >= 0.3 is 0 Å². The summed E-state index contributed by atoms with van der Waals surface area (Å²) in [5, 5.41) is 0. The lowest BCUT2D eigenvalue weighted by molar-refractivity contribution is 0.563. The molecule has 1 heterocycles. The van der Waals surface area contributed by atoms with Crippen molar-refractivity contribution < 1.29 is 0 Å². The Morgan fingerprint density at radius 3 is 2.80 bits per heavy atom. The number of aromatic nitrogens is 2. The molecule has 0 saturated heterocycles. The van der Waals surface area contributed by atoms with Gasteiger partial charge in [-0.15, -0.1) is 11.6 Å². The Labute approximate surface area is 97.7 Å². The highest BCUT2D eigenvalue weighted by atomic mass is 35.5. The van der Waals surface area contributed by atoms with Crippen LogP contribution in [-0.2, 0) is 13.0 Å². The van der Waals surface area contributed by atoms with E-state index in [4.69, 9.17) is 11.6 Å². The van der Waals surface area contributed by atoms with Gasteiger partial charge in [0, 0.05) is 31.2 Å². The lowest BCUT2D eigenvalue weighted by Crippen LogP contribution is -2.03. The van der Waals surface area contributed by atoms with Gasteiger partial charge < -0.3 is 4.57 Å². The molecule has 0 N–H and O–H groups in total. The average molecular weight is 229 g/mol. The Kier molecular flexibility index (Phi) is 6.49. The predicted octanol–water partition coefficient (Wildman–Crippen LogP) is 3.63. The topological polar surface area (TPSA) is 17.8 Å². The van der Waals surface area contributed by atoms with Crippen molar-refractivity contribution in [2.45, 2.75) is 52.0 Å². The monoisotopic (exact) mass is 228 g/mol. The summed E-state index contributed by atoms with van der Waals surface area (Å²) in [5.41, 5.74) is 0. The van der Waals surface area contributed by atoms with E-state index in [0.29, 0.717) is 0 Å². The number of alkyl halides is 1. The van der Waals surface area contributed by atoms with Crippen molar-refractivity contribution in [3.63, 3.8) is 0 Å². The molecule has 0 atom stereocenters. The van der Waals surface area contributed by atoms with Crippen LogP contribution in [0.25, 0.3) is 0 Å². The number of hydrogen-bond donors (Lipinski definition) is 0. The summed E-state index contributed by atoms with van der Waals surface area (Å²) in [6.07, 6.45) is 11.2. The molecule has 0 aromatic carbocycles. The average Bonchev–Trinajstić information content (AvgIpc) is 2.66. The molecule has 1 aromatic heterocycles. The Bertz CT molecular complexity index is 258. The first-order valence-corrected chi connectivity index (χ1v) is 6.48. The first-order chi connectivity index (χ1) is 7.38. The highest BCUT2D eigenvalue weighted by Gasteiger charge is 2.00. The number of unbranched alkanes of at least 4 members (excludes halogenated alkanes) is 3. The maximum Gasteiger partial charge on any atom is 0.108 e. The maximum absolute atomic E-state index is 5.63. The molecule has 0 radical (unpaired) electrons. The first kappa shape index (κ1) is 12.6. The summed E-state index contributed by atoms with van der Waals surface area (Å²) in [6.45, 7) is 3.30. The largest absolute Gasteiger partial charge is 0.335 e. The SMILES string of the molecule is CCCc1nccn1CCCCCCCl. The molecular formula is C12H21ClN2. The van der Waals surface area contributed by atoms with Gasteiger partial charge in [0.15, 0.2) is 0 Å². The van der Waals surface area contributed by atoms with Crippen molar-refractivity contribution in [3.8, 4) is 0 Å². The molecule has 0 fully saturated rings. The van der Waals surface area contributed by atoms with E-state index < -0.39 is 0 Å². The minimum atomic E-state index is 0.798. The highest BCUT2D eigenvalue weighted by molar-refractivity contribution is 6.17. The van der Waals surface area contributed by atoms with E-state index in [0.717, 1.165) is 25.3 Å². The van der Waals surface area contributed by atoms with Crippen LogP contribution in [0, 0.1) is 0 Å². The van der Waals surface area contributed by atoms with Gasteiger partial charge in [0.2, 0.25) is 0 Å². The van der Waals surface area contributed by atoms with Crippen LogP contribution in [0.5, 0.6) is 0 Å². The minimum Gasteiger partial charge on any atom is -0.335 e. The second-order valence-electron chi connectivity index (χ2n) is 3.89. The molecule has 0 aliphatic rings. The second-order valence-corrected chi connectivity index (χ2v) is 4.27. The Balaban J connectivity index is 2.21. The van der Waals surface area contributed by atoms with E-state index in [1.54, 1.807) is 0 Å². The van der Waals surface area contributed by atoms with Crippen LogP contribution < -0.4 is 0 Å². The molecule has 3 heteroatoms. The van der Waals surface area contributed by atoms with Crippen molar-refractivity contribution in [2.24, 2.45) is 0 Å². The van der Waals surface area contributed by atoms with Crippen LogP contribution in [0.1, 0.15) is 44.9 Å². The zero-order chi connectivity index (χ0) is 10.9. The first-order valence-electron chi connectivity index (χ1n) is 5.94. The quantitative estimate of drug-likeness (QED) is 0.491. The number of nitrogens with zero attached hydrogens (tertiary/aromatic N) is 2. The van der Waals surface area contributed by atoms with E-state index in [9.17, 15) is 0 Å². The highest BCUT2D eigenvalue weighted by Crippen LogP contribution is 2.06. The zero-order valence-corrected chi connectivity index (χ0v) is 10.3. The van der Waals surface area contributed by atoms with Gasteiger partial charge in [0.05, 0.1) is 0 Å². The lowest BCUT2D eigenvalue weighted by atomic mass is 10.2. The molecule has 0 aliphatic heterocycles. The van der Waals surface area contributed by atoms with Gasteiger partial charge in [-0.3, -0.25) is 0 Å². The molecule has 1 rings (SSSR count). The van der Waals surface area contributed by atoms with Gasteiger partial charge in [-0.2, -0.15) is 0 Å². The lowest BCUT2D eigenvalue weighted by Gasteiger charge is -2.06.